The molecule has 132 valence electrons. The van der Waals surface area contributed by atoms with Crippen LogP contribution in [-0.2, 0) is 0 Å². The highest BCUT2D eigenvalue weighted by molar-refractivity contribution is 5.92. The summed E-state index contributed by atoms with van der Waals surface area (Å²) < 4.78 is 0. The van der Waals surface area contributed by atoms with Gasteiger partial charge in [0.25, 0.3) is 5.91 Å². The summed E-state index contributed by atoms with van der Waals surface area (Å²) in [6, 6.07) is 5.72. The summed E-state index contributed by atoms with van der Waals surface area (Å²) >= 11 is 0. The number of anilines is 1. The van der Waals surface area contributed by atoms with Crippen LogP contribution in [0.1, 0.15) is 40.5 Å². The van der Waals surface area contributed by atoms with Gasteiger partial charge in [0.2, 0.25) is 0 Å². The topological polar surface area (TPSA) is 82.2 Å². The quantitative estimate of drug-likeness (QED) is 0.916. The van der Waals surface area contributed by atoms with E-state index in [1.54, 1.807) is 17.9 Å². The van der Waals surface area contributed by atoms with Gasteiger partial charge in [-0.2, -0.15) is 4.98 Å². The maximum atomic E-state index is 12.7. The first kappa shape index (κ1) is 17.1. The molecule has 2 aromatic rings. The van der Waals surface area contributed by atoms with E-state index in [0.717, 1.165) is 18.7 Å². The molecular formula is C18H23N5O2. The van der Waals surface area contributed by atoms with E-state index in [1.807, 2.05) is 31.3 Å². The Morgan fingerprint density at radius 3 is 2.88 bits per heavy atom. The van der Waals surface area contributed by atoms with E-state index in [4.69, 9.17) is 0 Å². The van der Waals surface area contributed by atoms with Crippen molar-refractivity contribution in [1.29, 1.82) is 0 Å². The van der Waals surface area contributed by atoms with E-state index in [-0.39, 0.29) is 17.5 Å². The zero-order valence-corrected chi connectivity index (χ0v) is 14.8. The predicted molar refractivity (Wildman–Crippen MR) is 96.0 cm³/mol. The van der Waals surface area contributed by atoms with E-state index >= 15 is 0 Å². The Bertz CT molecular complexity index is 830. The maximum Gasteiger partial charge on any atom is 0.345 e. The maximum absolute atomic E-state index is 12.7. The van der Waals surface area contributed by atoms with Gasteiger partial charge in [-0.1, -0.05) is 0 Å². The average molecular weight is 341 g/mol. The molecule has 0 spiro atoms. The van der Waals surface area contributed by atoms with Crippen LogP contribution in [0.3, 0.4) is 0 Å². The Balaban J connectivity index is 1.80. The van der Waals surface area contributed by atoms with Gasteiger partial charge < -0.3 is 14.8 Å². The average Bonchev–Trinajstić information content (AvgIpc) is 2.60. The molecule has 2 aromatic heterocycles. The van der Waals surface area contributed by atoms with Gasteiger partial charge in [0, 0.05) is 45.0 Å². The number of amides is 1. The lowest BCUT2D eigenvalue weighted by molar-refractivity contribution is 0.0700. The Morgan fingerprint density at radius 1 is 1.36 bits per heavy atom. The normalized spacial score (nSPS) is 17.4. The molecule has 1 amide bonds. The molecule has 7 nitrogen and oxygen atoms in total. The molecule has 0 saturated carbocycles. The Morgan fingerprint density at radius 2 is 2.16 bits per heavy atom. The van der Waals surface area contributed by atoms with Crippen LogP contribution in [-0.4, -0.2) is 52.9 Å². The largest absolute Gasteiger partial charge is 0.363 e. The molecule has 1 saturated heterocycles. The van der Waals surface area contributed by atoms with Crippen LogP contribution in [0, 0.1) is 6.92 Å². The highest BCUT2D eigenvalue weighted by atomic mass is 16.2. The molecule has 0 radical (unpaired) electrons. The van der Waals surface area contributed by atoms with Crippen molar-refractivity contribution < 1.29 is 4.79 Å². The van der Waals surface area contributed by atoms with Crippen molar-refractivity contribution in [3.8, 4) is 0 Å². The number of H-pyrrole nitrogens is 1. The first-order valence-electron chi connectivity index (χ1n) is 8.44. The summed E-state index contributed by atoms with van der Waals surface area (Å²) in [6.07, 6.45) is 3.77. The van der Waals surface area contributed by atoms with Gasteiger partial charge in [-0.25, -0.2) is 9.78 Å². The van der Waals surface area contributed by atoms with Crippen LogP contribution in [0.25, 0.3) is 0 Å². The number of aryl methyl sites for hydroxylation is 1. The summed E-state index contributed by atoms with van der Waals surface area (Å²) in [6.45, 7) is 3.07. The van der Waals surface area contributed by atoms with Crippen LogP contribution in [0.4, 0.5) is 5.82 Å². The van der Waals surface area contributed by atoms with Crippen LogP contribution in [0.2, 0.25) is 0 Å². The highest BCUT2D eigenvalue weighted by Crippen LogP contribution is 2.28. The summed E-state index contributed by atoms with van der Waals surface area (Å²) in [4.78, 5) is 38.8. The van der Waals surface area contributed by atoms with E-state index in [2.05, 4.69) is 21.0 Å². The number of piperidine rings is 1. The van der Waals surface area contributed by atoms with Gasteiger partial charge in [0.15, 0.2) is 0 Å². The lowest BCUT2D eigenvalue weighted by Crippen LogP contribution is -2.40. The number of carbonyl (C=O) groups is 1. The number of hydrogen-bond donors (Lipinski definition) is 1. The number of rotatable bonds is 3. The van der Waals surface area contributed by atoms with Crippen LogP contribution in [0.5, 0.6) is 0 Å². The molecule has 3 heterocycles. The molecule has 0 bridgehead atoms. The molecular weight excluding hydrogens is 318 g/mol. The molecule has 0 unspecified atom stereocenters. The van der Waals surface area contributed by atoms with Gasteiger partial charge in [-0.3, -0.25) is 4.79 Å². The molecule has 1 N–H and O–H groups in total. The highest BCUT2D eigenvalue weighted by Gasteiger charge is 2.26. The fraction of sp³-hybridized carbons (Fsp3) is 0.444. The van der Waals surface area contributed by atoms with Crippen molar-refractivity contribution in [2.45, 2.75) is 25.7 Å². The Labute approximate surface area is 146 Å². The van der Waals surface area contributed by atoms with E-state index in [9.17, 15) is 9.59 Å². The van der Waals surface area contributed by atoms with Crippen molar-refractivity contribution in [2.75, 3.05) is 32.1 Å². The third-order valence-corrected chi connectivity index (χ3v) is 4.51. The number of nitrogens with zero attached hydrogens (tertiary/aromatic N) is 4. The SMILES string of the molecule is Cc1cc(C(=O)N2CCC[C@@H](c3ccnc(N(C)C)c3)C2)nc(=O)[nH]1. The fourth-order valence-corrected chi connectivity index (χ4v) is 3.22. The van der Waals surface area contributed by atoms with Crippen molar-refractivity contribution >= 4 is 11.7 Å². The van der Waals surface area contributed by atoms with Gasteiger partial charge in [0.05, 0.1) is 0 Å². The Hall–Kier alpha value is -2.70. The first-order valence-corrected chi connectivity index (χ1v) is 8.44. The zero-order chi connectivity index (χ0) is 18.0. The number of aromatic amines is 1. The number of nitrogens with one attached hydrogen (secondary N) is 1. The number of pyridine rings is 1. The number of carbonyl (C=O) groups excluding carboxylic acids is 1. The molecule has 25 heavy (non-hydrogen) atoms. The van der Waals surface area contributed by atoms with Gasteiger partial charge >= 0.3 is 5.69 Å². The number of aromatic nitrogens is 3. The summed E-state index contributed by atoms with van der Waals surface area (Å²) in [5, 5.41) is 0. The van der Waals surface area contributed by atoms with E-state index in [1.165, 1.54) is 5.56 Å². The van der Waals surface area contributed by atoms with Crippen molar-refractivity contribution in [2.24, 2.45) is 0 Å². The lowest BCUT2D eigenvalue weighted by Gasteiger charge is -2.33. The molecule has 1 aliphatic rings. The second-order valence-corrected chi connectivity index (χ2v) is 6.69. The second-order valence-electron chi connectivity index (χ2n) is 6.69. The minimum absolute atomic E-state index is 0.180. The predicted octanol–water partition coefficient (Wildman–Crippen LogP) is 1.56. The first-order chi connectivity index (χ1) is 11.9. The fourth-order valence-electron chi connectivity index (χ4n) is 3.22. The summed E-state index contributed by atoms with van der Waals surface area (Å²) in [5.41, 5.74) is 1.56. The molecule has 1 atom stereocenters. The van der Waals surface area contributed by atoms with Crippen LogP contribution in [0.15, 0.2) is 29.2 Å². The van der Waals surface area contributed by atoms with Crippen molar-refractivity contribution in [3.63, 3.8) is 0 Å². The molecule has 7 heteroatoms. The third kappa shape index (κ3) is 3.87. The van der Waals surface area contributed by atoms with E-state index in [0.29, 0.717) is 18.8 Å². The molecule has 3 rings (SSSR count). The van der Waals surface area contributed by atoms with Gasteiger partial charge in [-0.15, -0.1) is 0 Å². The number of likely N-dealkylation sites (tertiary alicyclic amines) is 1. The number of hydrogen-bond acceptors (Lipinski definition) is 5. The molecule has 1 aliphatic heterocycles. The van der Waals surface area contributed by atoms with Gasteiger partial charge in [0.1, 0.15) is 11.5 Å². The van der Waals surface area contributed by atoms with Gasteiger partial charge in [-0.05, 0) is 43.5 Å². The third-order valence-electron chi connectivity index (χ3n) is 4.51. The Kier molecular flexibility index (Phi) is 4.83. The lowest BCUT2D eigenvalue weighted by atomic mass is 9.91. The van der Waals surface area contributed by atoms with Crippen molar-refractivity contribution in [1.82, 2.24) is 19.9 Å². The van der Waals surface area contributed by atoms with Crippen LogP contribution < -0.4 is 10.6 Å². The second kappa shape index (κ2) is 7.04. The molecule has 0 aromatic carbocycles. The smallest absolute Gasteiger partial charge is 0.345 e. The molecule has 1 fully saturated rings. The molecule has 0 aliphatic carbocycles. The summed E-state index contributed by atoms with van der Waals surface area (Å²) in [7, 11) is 3.92. The van der Waals surface area contributed by atoms with Crippen LogP contribution >= 0.6 is 0 Å². The minimum Gasteiger partial charge on any atom is -0.363 e. The standard InChI is InChI=1S/C18H23N5O2/c1-12-9-15(21-18(25)20-12)17(24)23-8-4-5-14(11-23)13-6-7-19-16(10-13)22(2)3/h6-7,9-10,14H,4-5,8,11H2,1-3H3,(H,20,21,25)/t14-/m1/s1. The minimum atomic E-state index is -0.485. The van der Waals surface area contributed by atoms with Crippen molar-refractivity contribution in [3.05, 3.63) is 51.8 Å². The zero-order valence-electron chi connectivity index (χ0n) is 14.8. The monoisotopic (exact) mass is 341 g/mol. The van der Waals surface area contributed by atoms with E-state index < -0.39 is 5.69 Å². The summed E-state index contributed by atoms with van der Waals surface area (Å²) in [5.74, 6) is 0.996.